The summed E-state index contributed by atoms with van der Waals surface area (Å²) in [4.78, 5) is 22.8. The van der Waals surface area contributed by atoms with E-state index in [1.54, 1.807) is 18.5 Å². The van der Waals surface area contributed by atoms with Crippen LogP contribution in [0.15, 0.2) is 42.7 Å². The summed E-state index contributed by atoms with van der Waals surface area (Å²) in [7, 11) is 0. The molecule has 0 spiro atoms. The number of nitrogens with zero attached hydrogens (tertiary/aromatic N) is 3. The van der Waals surface area contributed by atoms with Gasteiger partial charge in [-0.3, -0.25) is 15.0 Å². The fraction of sp³-hybridized carbons (Fsp3) is 0.389. The third kappa shape index (κ3) is 4.10. The standard InChI is InChI=1S/C18H21ClN4O/c1-13(14-3-5-16(19)6-4-14)23-11-7-15(8-12-23)17(24)22-18-20-9-2-10-21-18/h2-6,9-10,13,15H,7-8,11-12H2,1H3,(H,20,21,22,24). The van der Waals surface area contributed by atoms with Crippen LogP contribution < -0.4 is 5.32 Å². The zero-order valence-corrected chi connectivity index (χ0v) is 14.4. The first-order valence-corrected chi connectivity index (χ1v) is 8.58. The van der Waals surface area contributed by atoms with E-state index in [-0.39, 0.29) is 11.8 Å². The molecule has 1 aromatic carbocycles. The molecule has 0 aliphatic carbocycles. The molecule has 1 unspecified atom stereocenters. The second kappa shape index (κ2) is 7.73. The van der Waals surface area contributed by atoms with Crippen molar-refractivity contribution in [2.24, 2.45) is 5.92 Å². The first-order valence-electron chi connectivity index (χ1n) is 8.21. The lowest BCUT2D eigenvalue weighted by Gasteiger charge is -2.35. The Balaban J connectivity index is 1.53. The number of halogens is 1. The van der Waals surface area contributed by atoms with Crippen LogP contribution in [0.5, 0.6) is 0 Å². The number of benzene rings is 1. The average molecular weight is 345 g/mol. The molecule has 2 heterocycles. The largest absolute Gasteiger partial charge is 0.297 e. The van der Waals surface area contributed by atoms with Crippen molar-refractivity contribution in [2.45, 2.75) is 25.8 Å². The molecule has 6 heteroatoms. The van der Waals surface area contributed by atoms with Crippen LogP contribution in [0.2, 0.25) is 5.02 Å². The van der Waals surface area contributed by atoms with E-state index in [0.717, 1.165) is 31.0 Å². The summed E-state index contributed by atoms with van der Waals surface area (Å²) in [6.07, 6.45) is 4.94. The monoisotopic (exact) mass is 344 g/mol. The van der Waals surface area contributed by atoms with Gasteiger partial charge in [-0.25, -0.2) is 9.97 Å². The second-order valence-corrected chi connectivity index (χ2v) is 6.54. The number of hydrogen-bond donors (Lipinski definition) is 1. The van der Waals surface area contributed by atoms with Gasteiger partial charge in [0.1, 0.15) is 0 Å². The Bertz CT molecular complexity index is 669. The molecular formula is C18H21ClN4O. The van der Waals surface area contributed by atoms with Gasteiger partial charge in [0.15, 0.2) is 0 Å². The summed E-state index contributed by atoms with van der Waals surface area (Å²) >= 11 is 5.95. The number of carbonyl (C=O) groups excluding carboxylic acids is 1. The van der Waals surface area contributed by atoms with Gasteiger partial charge in [-0.1, -0.05) is 23.7 Å². The molecule has 126 valence electrons. The molecule has 1 atom stereocenters. The Hall–Kier alpha value is -1.98. The smallest absolute Gasteiger partial charge is 0.229 e. The van der Waals surface area contributed by atoms with Crippen molar-refractivity contribution >= 4 is 23.5 Å². The molecule has 1 aromatic heterocycles. The highest BCUT2D eigenvalue weighted by Gasteiger charge is 2.28. The Morgan fingerprint density at radius 3 is 2.46 bits per heavy atom. The molecule has 1 fully saturated rings. The van der Waals surface area contributed by atoms with E-state index in [4.69, 9.17) is 11.6 Å². The molecule has 1 amide bonds. The molecule has 2 aromatic rings. The molecule has 1 N–H and O–H groups in total. The number of carbonyl (C=O) groups is 1. The number of hydrogen-bond acceptors (Lipinski definition) is 4. The molecule has 0 radical (unpaired) electrons. The van der Waals surface area contributed by atoms with Crippen molar-refractivity contribution < 1.29 is 4.79 Å². The van der Waals surface area contributed by atoms with E-state index in [0.29, 0.717) is 12.0 Å². The number of piperidine rings is 1. The Morgan fingerprint density at radius 2 is 1.83 bits per heavy atom. The van der Waals surface area contributed by atoms with Gasteiger partial charge < -0.3 is 0 Å². The highest BCUT2D eigenvalue weighted by atomic mass is 35.5. The maximum absolute atomic E-state index is 12.3. The van der Waals surface area contributed by atoms with Gasteiger partial charge in [0.2, 0.25) is 11.9 Å². The molecule has 0 bridgehead atoms. The van der Waals surface area contributed by atoms with E-state index >= 15 is 0 Å². The minimum atomic E-state index is 0.0139. The van der Waals surface area contributed by atoms with Crippen molar-refractivity contribution in [3.8, 4) is 0 Å². The lowest BCUT2D eigenvalue weighted by Crippen LogP contribution is -2.39. The number of amides is 1. The van der Waals surface area contributed by atoms with E-state index in [9.17, 15) is 4.79 Å². The van der Waals surface area contributed by atoms with Crippen LogP contribution >= 0.6 is 11.6 Å². The summed E-state index contributed by atoms with van der Waals surface area (Å²) in [5, 5.41) is 3.55. The van der Waals surface area contributed by atoms with Crippen LogP contribution in [-0.4, -0.2) is 33.9 Å². The first-order chi connectivity index (χ1) is 11.6. The molecule has 1 aliphatic heterocycles. The number of aromatic nitrogens is 2. The maximum atomic E-state index is 12.3. The Morgan fingerprint density at radius 1 is 1.21 bits per heavy atom. The normalized spacial score (nSPS) is 17.4. The third-order valence-corrected chi connectivity index (χ3v) is 4.85. The molecule has 5 nitrogen and oxygen atoms in total. The fourth-order valence-corrected chi connectivity index (χ4v) is 3.20. The minimum absolute atomic E-state index is 0.0139. The quantitative estimate of drug-likeness (QED) is 0.921. The van der Waals surface area contributed by atoms with Crippen molar-refractivity contribution in [3.05, 3.63) is 53.3 Å². The van der Waals surface area contributed by atoms with Crippen LogP contribution in [0.4, 0.5) is 5.95 Å². The van der Waals surface area contributed by atoms with Gasteiger partial charge >= 0.3 is 0 Å². The number of rotatable bonds is 4. The van der Waals surface area contributed by atoms with Gasteiger partial charge in [0.05, 0.1) is 0 Å². The van der Waals surface area contributed by atoms with Crippen molar-refractivity contribution in [2.75, 3.05) is 18.4 Å². The minimum Gasteiger partial charge on any atom is -0.297 e. The van der Waals surface area contributed by atoms with Gasteiger partial charge in [0.25, 0.3) is 0 Å². The zero-order valence-electron chi connectivity index (χ0n) is 13.7. The van der Waals surface area contributed by atoms with E-state index in [1.165, 1.54) is 5.56 Å². The molecule has 3 rings (SSSR count). The molecule has 0 saturated carbocycles. The highest BCUT2D eigenvalue weighted by molar-refractivity contribution is 6.30. The van der Waals surface area contributed by atoms with Crippen LogP contribution in [-0.2, 0) is 4.79 Å². The van der Waals surface area contributed by atoms with Crippen LogP contribution in [0.3, 0.4) is 0 Å². The van der Waals surface area contributed by atoms with Crippen LogP contribution in [0.25, 0.3) is 0 Å². The second-order valence-electron chi connectivity index (χ2n) is 6.10. The van der Waals surface area contributed by atoms with Crippen molar-refractivity contribution in [1.29, 1.82) is 0 Å². The molecule has 1 aliphatic rings. The predicted octanol–water partition coefficient (Wildman–Crippen LogP) is 3.54. The summed E-state index contributed by atoms with van der Waals surface area (Å²) < 4.78 is 0. The van der Waals surface area contributed by atoms with Crippen LogP contribution in [0.1, 0.15) is 31.4 Å². The summed E-state index contributed by atoms with van der Waals surface area (Å²) in [6, 6.07) is 10.0. The zero-order chi connectivity index (χ0) is 16.9. The van der Waals surface area contributed by atoms with E-state index < -0.39 is 0 Å². The predicted molar refractivity (Wildman–Crippen MR) is 94.8 cm³/mol. The van der Waals surface area contributed by atoms with Crippen molar-refractivity contribution in [1.82, 2.24) is 14.9 Å². The van der Waals surface area contributed by atoms with Gasteiger partial charge in [-0.15, -0.1) is 0 Å². The highest BCUT2D eigenvalue weighted by Crippen LogP contribution is 2.27. The SMILES string of the molecule is CC(c1ccc(Cl)cc1)N1CCC(C(=O)Nc2ncccn2)CC1. The van der Waals surface area contributed by atoms with Gasteiger partial charge in [0, 0.05) is 29.4 Å². The van der Waals surface area contributed by atoms with Gasteiger partial charge in [-0.2, -0.15) is 0 Å². The summed E-state index contributed by atoms with van der Waals surface area (Å²) in [6.45, 7) is 4.00. The van der Waals surface area contributed by atoms with E-state index in [2.05, 4.69) is 39.2 Å². The fourth-order valence-electron chi connectivity index (χ4n) is 3.08. The summed E-state index contributed by atoms with van der Waals surface area (Å²) in [5.74, 6) is 0.405. The number of likely N-dealkylation sites (tertiary alicyclic amines) is 1. The van der Waals surface area contributed by atoms with Gasteiger partial charge in [-0.05, 0) is 56.6 Å². The lowest BCUT2D eigenvalue weighted by atomic mass is 9.94. The number of anilines is 1. The number of nitrogens with one attached hydrogen (secondary N) is 1. The summed E-state index contributed by atoms with van der Waals surface area (Å²) in [5.41, 5.74) is 1.25. The maximum Gasteiger partial charge on any atom is 0.229 e. The average Bonchev–Trinajstić information content (AvgIpc) is 2.63. The lowest BCUT2D eigenvalue weighted by molar-refractivity contribution is -0.121. The molecule has 1 saturated heterocycles. The Labute approximate surface area is 147 Å². The Kier molecular flexibility index (Phi) is 5.43. The molecule has 24 heavy (non-hydrogen) atoms. The van der Waals surface area contributed by atoms with Crippen LogP contribution in [0, 0.1) is 5.92 Å². The molecular weight excluding hydrogens is 324 g/mol. The van der Waals surface area contributed by atoms with Crippen molar-refractivity contribution in [3.63, 3.8) is 0 Å². The topological polar surface area (TPSA) is 58.1 Å². The third-order valence-electron chi connectivity index (χ3n) is 4.60. The first kappa shape index (κ1) is 16.9. The van der Waals surface area contributed by atoms with E-state index in [1.807, 2.05) is 12.1 Å².